The molecular weight excluding hydrogens is 252 g/mol. The number of ether oxygens (including phenoxy) is 1. The lowest BCUT2D eigenvalue weighted by Crippen LogP contribution is -2.49. The van der Waals surface area contributed by atoms with Crippen molar-refractivity contribution < 1.29 is 9.53 Å². The summed E-state index contributed by atoms with van der Waals surface area (Å²) < 4.78 is 5.32. The van der Waals surface area contributed by atoms with E-state index in [1.807, 2.05) is 17.9 Å². The van der Waals surface area contributed by atoms with Crippen molar-refractivity contribution in [1.82, 2.24) is 9.80 Å². The Hall–Kier alpha value is -1.39. The second-order valence-electron chi connectivity index (χ2n) is 5.20. The number of nitrogens with zero attached hydrogens (tertiary/aromatic N) is 2. The SMILES string of the molecule is CCCOCC(=O)N1CCN(Cc2ccccc2)CC1. The Kier molecular flexibility index (Phi) is 6.02. The first kappa shape index (κ1) is 15.0. The highest BCUT2D eigenvalue weighted by Gasteiger charge is 2.20. The van der Waals surface area contributed by atoms with Gasteiger partial charge in [0, 0.05) is 39.3 Å². The van der Waals surface area contributed by atoms with E-state index in [2.05, 4.69) is 29.2 Å². The highest BCUT2D eigenvalue weighted by Crippen LogP contribution is 2.08. The predicted octanol–water partition coefficient (Wildman–Crippen LogP) is 1.76. The maximum atomic E-state index is 11.9. The van der Waals surface area contributed by atoms with Crippen LogP contribution in [0.1, 0.15) is 18.9 Å². The van der Waals surface area contributed by atoms with Crippen LogP contribution < -0.4 is 0 Å². The molecule has 0 aliphatic carbocycles. The molecule has 0 bridgehead atoms. The van der Waals surface area contributed by atoms with Crippen molar-refractivity contribution in [3.63, 3.8) is 0 Å². The molecule has 110 valence electrons. The summed E-state index contributed by atoms with van der Waals surface area (Å²) in [6, 6.07) is 10.5. The van der Waals surface area contributed by atoms with Crippen molar-refractivity contribution in [3.05, 3.63) is 35.9 Å². The normalized spacial score (nSPS) is 16.4. The first-order valence-electron chi connectivity index (χ1n) is 7.41. The molecule has 0 unspecified atom stereocenters. The monoisotopic (exact) mass is 276 g/mol. The average molecular weight is 276 g/mol. The van der Waals surface area contributed by atoms with E-state index in [4.69, 9.17) is 4.74 Å². The van der Waals surface area contributed by atoms with E-state index >= 15 is 0 Å². The summed E-state index contributed by atoms with van der Waals surface area (Å²) >= 11 is 0. The van der Waals surface area contributed by atoms with E-state index in [0.717, 1.165) is 39.1 Å². The Balaban J connectivity index is 1.71. The predicted molar refractivity (Wildman–Crippen MR) is 79.4 cm³/mol. The minimum Gasteiger partial charge on any atom is -0.372 e. The quantitative estimate of drug-likeness (QED) is 0.742. The van der Waals surface area contributed by atoms with Crippen LogP contribution in [0.15, 0.2) is 30.3 Å². The van der Waals surface area contributed by atoms with Crippen LogP contribution >= 0.6 is 0 Å². The zero-order valence-electron chi connectivity index (χ0n) is 12.3. The van der Waals surface area contributed by atoms with Gasteiger partial charge < -0.3 is 9.64 Å². The van der Waals surface area contributed by atoms with Gasteiger partial charge in [0.2, 0.25) is 5.91 Å². The number of hydrogen-bond donors (Lipinski definition) is 0. The summed E-state index contributed by atoms with van der Waals surface area (Å²) in [6.07, 6.45) is 0.956. The van der Waals surface area contributed by atoms with E-state index in [0.29, 0.717) is 6.61 Å². The topological polar surface area (TPSA) is 32.8 Å². The summed E-state index contributed by atoms with van der Waals surface area (Å²) in [7, 11) is 0. The standard InChI is InChI=1S/C16H24N2O2/c1-2-12-20-14-16(19)18-10-8-17(9-11-18)13-15-6-4-3-5-7-15/h3-7H,2,8-14H2,1H3. The summed E-state index contributed by atoms with van der Waals surface area (Å²) in [4.78, 5) is 16.2. The van der Waals surface area contributed by atoms with Crippen LogP contribution in [0.2, 0.25) is 0 Å². The minimum atomic E-state index is 0.123. The smallest absolute Gasteiger partial charge is 0.248 e. The zero-order valence-corrected chi connectivity index (χ0v) is 12.3. The molecule has 0 N–H and O–H groups in total. The number of piperazine rings is 1. The lowest BCUT2D eigenvalue weighted by Gasteiger charge is -2.34. The maximum Gasteiger partial charge on any atom is 0.248 e. The molecule has 20 heavy (non-hydrogen) atoms. The minimum absolute atomic E-state index is 0.123. The van der Waals surface area contributed by atoms with Gasteiger partial charge in [-0.15, -0.1) is 0 Å². The number of hydrogen-bond acceptors (Lipinski definition) is 3. The van der Waals surface area contributed by atoms with Gasteiger partial charge >= 0.3 is 0 Å². The molecule has 0 saturated carbocycles. The second kappa shape index (κ2) is 8.02. The van der Waals surface area contributed by atoms with E-state index in [-0.39, 0.29) is 12.5 Å². The molecule has 0 spiro atoms. The van der Waals surface area contributed by atoms with E-state index < -0.39 is 0 Å². The zero-order chi connectivity index (χ0) is 14.2. The third-order valence-corrected chi connectivity index (χ3v) is 3.55. The van der Waals surface area contributed by atoms with Crippen molar-refractivity contribution in [3.8, 4) is 0 Å². The fourth-order valence-corrected chi connectivity index (χ4v) is 2.39. The molecule has 1 amide bonds. The van der Waals surface area contributed by atoms with Crippen LogP contribution in [0.4, 0.5) is 0 Å². The lowest BCUT2D eigenvalue weighted by molar-refractivity contribution is -0.137. The Morgan fingerprint density at radius 2 is 1.85 bits per heavy atom. The second-order valence-corrected chi connectivity index (χ2v) is 5.20. The van der Waals surface area contributed by atoms with Crippen LogP contribution in [-0.2, 0) is 16.1 Å². The fourth-order valence-electron chi connectivity index (χ4n) is 2.39. The third-order valence-electron chi connectivity index (χ3n) is 3.55. The van der Waals surface area contributed by atoms with Crippen LogP contribution in [0.3, 0.4) is 0 Å². The Morgan fingerprint density at radius 1 is 1.15 bits per heavy atom. The molecule has 1 saturated heterocycles. The number of rotatable bonds is 6. The summed E-state index contributed by atoms with van der Waals surface area (Å²) in [5.74, 6) is 0.123. The molecule has 1 aliphatic heterocycles. The molecule has 4 heteroatoms. The summed E-state index contributed by atoms with van der Waals surface area (Å²) in [6.45, 7) is 7.40. The van der Waals surface area contributed by atoms with Crippen LogP contribution in [0.5, 0.6) is 0 Å². The average Bonchev–Trinajstić information content (AvgIpc) is 2.49. The Morgan fingerprint density at radius 3 is 2.50 bits per heavy atom. The van der Waals surface area contributed by atoms with E-state index in [1.54, 1.807) is 0 Å². The molecule has 1 aromatic rings. The van der Waals surface area contributed by atoms with Gasteiger partial charge in [-0.1, -0.05) is 37.3 Å². The van der Waals surface area contributed by atoms with Crippen molar-refractivity contribution in [2.24, 2.45) is 0 Å². The molecule has 1 aromatic carbocycles. The Bertz CT molecular complexity index is 400. The van der Waals surface area contributed by atoms with Gasteiger partial charge in [-0.05, 0) is 12.0 Å². The molecule has 1 heterocycles. The molecule has 4 nitrogen and oxygen atoms in total. The third kappa shape index (κ3) is 4.62. The number of carbonyl (C=O) groups is 1. The maximum absolute atomic E-state index is 11.9. The first-order chi connectivity index (χ1) is 9.79. The first-order valence-corrected chi connectivity index (χ1v) is 7.41. The summed E-state index contributed by atoms with van der Waals surface area (Å²) in [5, 5.41) is 0. The van der Waals surface area contributed by atoms with Crippen LogP contribution in [0, 0.1) is 0 Å². The van der Waals surface area contributed by atoms with Gasteiger partial charge in [0.15, 0.2) is 0 Å². The van der Waals surface area contributed by atoms with Gasteiger partial charge in [0.05, 0.1) is 0 Å². The highest BCUT2D eigenvalue weighted by atomic mass is 16.5. The van der Waals surface area contributed by atoms with Crippen molar-refractivity contribution in [2.75, 3.05) is 39.4 Å². The van der Waals surface area contributed by atoms with Crippen LogP contribution in [0.25, 0.3) is 0 Å². The van der Waals surface area contributed by atoms with Gasteiger partial charge in [-0.3, -0.25) is 9.69 Å². The fraction of sp³-hybridized carbons (Fsp3) is 0.562. The van der Waals surface area contributed by atoms with Gasteiger partial charge in [0.1, 0.15) is 6.61 Å². The van der Waals surface area contributed by atoms with E-state index in [1.165, 1.54) is 5.56 Å². The Labute approximate surface area is 121 Å². The van der Waals surface area contributed by atoms with Gasteiger partial charge in [0.25, 0.3) is 0 Å². The van der Waals surface area contributed by atoms with Crippen molar-refractivity contribution in [1.29, 1.82) is 0 Å². The number of amides is 1. The molecule has 1 fully saturated rings. The molecule has 1 aliphatic rings. The largest absolute Gasteiger partial charge is 0.372 e. The van der Waals surface area contributed by atoms with Gasteiger partial charge in [-0.25, -0.2) is 0 Å². The molecule has 0 aromatic heterocycles. The van der Waals surface area contributed by atoms with Crippen molar-refractivity contribution in [2.45, 2.75) is 19.9 Å². The molecule has 0 radical (unpaired) electrons. The van der Waals surface area contributed by atoms with Crippen molar-refractivity contribution >= 4 is 5.91 Å². The van der Waals surface area contributed by atoms with E-state index in [9.17, 15) is 4.79 Å². The van der Waals surface area contributed by atoms with Crippen LogP contribution in [-0.4, -0.2) is 55.1 Å². The lowest BCUT2D eigenvalue weighted by atomic mass is 10.2. The molecular formula is C16H24N2O2. The molecule has 0 atom stereocenters. The highest BCUT2D eigenvalue weighted by molar-refractivity contribution is 5.77. The van der Waals surface area contributed by atoms with Gasteiger partial charge in [-0.2, -0.15) is 0 Å². The number of carbonyl (C=O) groups excluding carboxylic acids is 1. The summed E-state index contributed by atoms with van der Waals surface area (Å²) in [5.41, 5.74) is 1.33. The molecule has 2 rings (SSSR count). The number of benzene rings is 1.